The molecule has 0 atom stereocenters. The fourth-order valence-corrected chi connectivity index (χ4v) is 1.62. The number of carbonyl (C=O) groups is 1. The third-order valence-corrected chi connectivity index (χ3v) is 2.61. The van der Waals surface area contributed by atoms with Crippen LogP contribution in [-0.2, 0) is 10.3 Å². The average Bonchev–Trinajstić information content (AvgIpc) is 2.26. The summed E-state index contributed by atoms with van der Waals surface area (Å²) in [5, 5.41) is 2.87. The summed E-state index contributed by atoms with van der Waals surface area (Å²) in [7, 11) is 0. The summed E-state index contributed by atoms with van der Waals surface area (Å²) in [6.45, 7) is 4.19. The van der Waals surface area contributed by atoms with E-state index in [1.165, 1.54) is 12.1 Å². The van der Waals surface area contributed by atoms with Crippen LogP contribution in [0.15, 0.2) is 24.3 Å². The van der Waals surface area contributed by atoms with Gasteiger partial charge in [-0.2, -0.15) is 0 Å². The van der Waals surface area contributed by atoms with Crippen molar-refractivity contribution in [1.82, 2.24) is 5.32 Å². The summed E-state index contributed by atoms with van der Waals surface area (Å²) >= 11 is 0. The van der Waals surface area contributed by atoms with Crippen LogP contribution >= 0.6 is 0 Å². The first-order chi connectivity index (χ1) is 7.95. The van der Waals surface area contributed by atoms with Gasteiger partial charge in [-0.15, -0.1) is 0 Å². The molecule has 0 heterocycles. The maximum atomic E-state index is 13.1. The van der Waals surface area contributed by atoms with Crippen molar-refractivity contribution < 1.29 is 9.18 Å². The highest BCUT2D eigenvalue weighted by Crippen LogP contribution is 2.20. The van der Waals surface area contributed by atoms with E-state index in [2.05, 4.69) is 5.32 Å². The number of benzene rings is 1. The number of amides is 1. The molecular weight excluding hydrogens is 219 g/mol. The second-order valence-corrected chi connectivity index (χ2v) is 4.58. The van der Waals surface area contributed by atoms with Crippen molar-refractivity contribution in [2.75, 3.05) is 6.54 Å². The first-order valence-electron chi connectivity index (χ1n) is 5.73. The number of halogens is 1. The molecule has 0 aromatic heterocycles. The van der Waals surface area contributed by atoms with Crippen LogP contribution in [0.4, 0.5) is 4.39 Å². The van der Waals surface area contributed by atoms with E-state index < -0.39 is 5.54 Å². The van der Waals surface area contributed by atoms with E-state index >= 15 is 0 Å². The number of rotatable bonds is 5. The molecule has 0 aliphatic heterocycles. The SMILES string of the molecule is CC(C)(NC(=O)CCCN)c1cccc(F)c1. The highest BCUT2D eigenvalue weighted by atomic mass is 19.1. The third kappa shape index (κ3) is 4.15. The molecule has 0 unspecified atom stereocenters. The predicted octanol–water partition coefficient (Wildman–Crippen LogP) is 1.92. The van der Waals surface area contributed by atoms with Gasteiger partial charge in [-0.3, -0.25) is 4.79 Å². The Bertz CT molecular complexity index is 391. The van der Waals surface area contributed by atoms with Gasteiger partial charge in [-0.05, 0) is 44.5 Å². The zero-order valence-corrected chi connectivity index (χ0v) is 10.3. The molecule has 4 heteroatoms. The number of nitrogens with two attached hydrogens (primary N) is 1. The Labute approximate surface area is 101 Å². The van der Waals surface area contributed by atoms with Gasteiger partial charge in [-0.25, -0.2) is 4.39 Å². The molecule has 0 spiro atoms. The molecule has 3 nitrogen and oxygen atoms in total. The van der Waals surface area contributed by atoms with Crippen LogP contribution in [0.3, 0.4) is 0 Å². The standard InChI is InChI=1S/C13H19FN2O/c1-13(2,16-12(17)7-4-8-15)10-5-3-6-11(14)9-10/h3,5-6,9H,4,7-8,15H2,1-2H3,(H,16,17). The molecule has 0 fully saturated rings. The normalized spacial score (nSPS) is 11.3. The maximum absolute atomic E-state index is 13.1. The van der Waals surface area contributed by atoms with E-state index in [0.717, 1.165) is 5.56 Å². The lowest BCUT2D eigenvalue weighted by molar-refractivity contribution is -0.122. The Morgan fingerprint density at radius 1 is 1.47 bits per heavy atom. The number of hydrogen-bond donors (Lipinski definition) is 2. The Balaban J connectivity index is 2.71. The predicted molar refractivity (Wildman–Crippen MR) is 65.9 cm³/mol. The molecule has 0 aliphatic carbocycles. The zero-order valence-electron chi connectivity index (χ0n) is 10.3. The highest BCUT2D eigenvalue weighted by molar-refractivity contribution is 5.76. The molecule has 17 heavy (non-hydrogen) atoms. The highest BCUT2D eigenvalue weighted by Gasteiger charge is 2.22. The third-order valence-electron chi connectivity index (χ3n) is 2.61. The molecule has 1 rings (SSSR count). The molecule has 94 valence electrons. The van der Waals surface area contributed by atoms with Crippen LogP contribution in [0.5, 0.6) is 0 Å². The van der Waals surface area contributed by atoms with Gasteiger partial charge in [0.2, 0.25) is 5.91 Å². The molecule has 0 bridgehead atoms. The maximum Gasteiger partial charge on any atom is 0.220 e. The van der Waals surface area contributed by atoms with E-state index in [1.807, 2.05) is 13.8 Å². The summed E-state index contributed by atoms with van der Waals surface area (Å²) in [6.07, 6.45) is 1.06. The molecule has 0 radical (unpaired) electrons. The Morgan fingerprint density at radius 2 is 2.18 bits per heavy atom. The van der Waals surface area contributed by atoms with Crippen molar-refractivity contribution in [3.05, 3.63) is 35.6 Å². The van der Waals surface area contributed by atoms with Crippen molar-refractivity contribution in [2.24, 2.45) is 5.73 Å². The summed E-state index contributed by atoms with van der Waals surface area (Å²) in [5.74, 6) is -0.364. The number of nitrogens with one attached hydrogen (secondary N) is 1. The molecular formula is C13H19FN2O. The molecule has 1 aromatic rings. The monoisotopic (exact) mass is 238 g/mol. The van der Waals surface area contributed by atoms with E-state index in [-0.39, 0.29) is 11.7 Å². The summed E-state index contributed by atoms with van der Waals surface area (Å²) in [6, 6.07) is 6.25. The summed E-state index contributed by atoms with van der Waals surface area (Å²) in [5.41, 5.74) is 5.52. The smallest absolute Gasteiger partial charge is 0.220 e. The minimum absolute atomic E-state index is 0.0651. The second kappa shape index (κ2) is 5.77. The second-order valence-electron chi connectivity index (χ2n) is 4.58. The van der Waals surface area contributed by atoms with Crippen LogP contribution in [0.2, 0.25) is 0 Å². The van der Waals surface area contributed by atoms with Gasteiger partial charge < -0.3 is 11.1 Å². The summed E-state index contributed by atoms with van der Waals surface area (Å²) in [4.78, 5) is 11.6. The Hall–Kier alpha value is -1.42. The fraction of sp³-hybridized carbons (Fsp3) is 0.462. The topological polar surface area (TPSA) is 55.1 Å². The molecule has 1 amide bonds. The van der Waals surface area contributed by atoms with Gasteiger partial charge in [0.05, 0.1) is 5.54 Å². The van der Waals surface area contributed by atoms with E-state index in [0.29, 0.717) is 19.4 Å². The van der Waals surface area contributed by atoms with Gasteiger partial charge in [0.1, 0.15) is 5.82 Å². The lowest BCUT2D eigenvalue weighted by atomic mass is 9.94. The first kappa shape index (κ1) is 13.6. The van der Waals surface area contributed by atoms with Crippen molar-refractivity contribution in [1.29, 1.82) is 0 Å². The van der Waals surface area contributed by atoms with Gasteiger partial charge in [0, 0.05) is 6.42 Å². The minimum atomic E-state index is -0.576. The molecule has 1 aromatic carbocycles. The Kier molecular flexibility index (Phi) is 4.63. The van der Waals surface area contributed by atoms with Gasteiger partial charge in [-0.1, -0.05) is 12.1 Å². The largest absolute Gasteiger partial charge is 0.347 e. The van der Waals surface area contributed by atoms with Crippen LogP contribution in [0.25, 0.3) is 0 Å². The van der Waals surface area contributed by atoms with Crippen LogP contribution in [0.1, 0.15) is 32.3 Å². The van der Waals surface area contributed by atoms with Gasteiger partial charge in [0.25, 0.3) is 0 Å². The fourth-order valence-electron chi connectivity index (χ4n) is 1.62. The van der Waals surface area contributed by atoms with Crippen molar-refractivity contribution in [3.8, 4) is 0 Å². The summed E-state index contributed by atoms with van der Waals surface area (Å²) < 4.78 is 13.1. The molecule has 0 saturated heterocycles. The van der Waals surface area contributed by atoms with Crippen molar-refractivity contribution in [2.45, 2.75) is 32.2 Å². The number of carbonyl (C=O) groups excluding carboxylic acids is 1. The van der Waals surface area contributed by atoms with Crippen LogP contribution in [0, 0.1) is 5.82 Å². The molecule has 0 aliphatic rings. The average molecular weight is 238 g/mol. The van der Waals surface area contributed by atoms with E-state index in [9.17, 15) is 9.18 Å². The van der Waals surface area contributed by atoms with E-state index in [4.69, 9.17) is 5.73 Å². The Morgan fingerprint density at radius 3 is 2.76 bits per heavy atom. The van der Waals surface area contributed by atoms with Crippen LogP contribution < -0.4 is 11.1 Å². The lowest BCUT2D eigenvalue weighted by Gasteiger charge is -2.27. The number of hydrogen-bond acceptors (Lipinski definition) is 2. The van der Waals surface area contributed by atoms with E-state index in [1.54, 1.807) is 12.1 Å². The van der Waals surface area contributed by atoms with Gasteiger partial charge in [0.15, 0.2) is 0 Å². The minimum Gasteiger partial charge on any atom is -0.347 e. The molecule has 3 N–H and O–H groups in total. The van der Waals surface area contributed by atoms with Crippen molar-refractivity contribution >= 4 is 5.91 Å². The van der Waals surface area contributed by atoms with Gasteiger partial charge >= 0.3 is 0 Å². The zero-order chi connectivity index (χ0) is 12.9. The van der Waals surface area contributed by atoms with Crippen LogP contribution in [-0.4, -0.2) is 12.5 Å². The molecule has 0 saturated carbocycles. The van der Waals surface area contributed by atoms with Crippen molar-refractivity contribution in [3.63, 3.8) is 0 Å². The first-order valence-corrected chi connectivity index (χ1v) is 5.73. The quantitative estimate of drug-likeness (QED) is 0.823. The lowest BCUT2D eigenvalue weighted by Crippen LogP contribution is -2.41.